The molecule has 0 saturated heterocycles. The van der Waals surface area contributed by atoms with Gasteiger partial charge in [0.1, 0.15) is 23.9 Å². The molecule has 0 aliphatic carbocycles. The van der Waals surface area contributed by atoms with Crippen molar-refractivity contribution >= 4 is 21.8 Å². The van der Waals surface area contributed by atoms with E-state index in [1.165, 1.54) is 46.5 Å². The van der Waals surface area contributed by atoms with E-state index >= 15 is 0 Å². The van der Waals surface area contributed by atoms with E-state index in [9.17, 15) is 17.6 Å². The molecule has 2 aromatic carbocycles. The van der Waals surface area contributed by atoms with Crippen LogP contribution >= 0.6 is 0 Å². The lowest BCUT2D eigenvalue weighted by Crippen LogP contribution is -2.46. The maximum absolute atomic E-state index is 14.3. The van der Waals surface area contributed by atoms with Gasteiger partial charge < -0.3 is 14.8 Å². The number of benzene rings is 2. The molecule has 0 bridgehead atoms. The molecule has 1 amide bonds. The average molecular weight is 440 g/mol. The van der Waals surface area contributed by atoms with Crippen LogP contribution in [0.25, 0.3) is 0 Å². The van der Waals surface area contributed by atoms with Crippen molar-refractivity contribution in [1.82, 2.24) is 9.62 Å². The third-order valence-electron chi connectivity index (χ3n) is 4.43. The topological polar surface area (TPSA) is 88.2 Å². The first kappa shape index (κ1) is 23.4. The fourth-order valence-corrected chi connectivity index (χ4v) is 3.89. The van der Waals surface area contributed by atoms with Gasteiger partial charge in [-0.2, -0.15) is 12.7 Å². The van der Waals surface area contributed by atoms with Gasteiger partial charge in [-0.1, -0.05) is 12.1 Å². The summed E-state index contributed by atoms with van der Waals surface area (Å²) in [6.07, 6.45) is 0. The van der Waals surface area contributed by atoms with Crippen LogP contribution in [0.15, 0.2) is 42.5 Å². The molecular weight excluding hydrogens is 413 g/mol. The quantitative estimate of drug-likeness (QED) is 0.648. The van der Waals surface area contributed by atoms with Gasteiger partial charge in [0.2, 0.25) is 5.91 Å². The molecular formula is C20H26FN3O5S. The number of hydrogen-bond donors (Lipinski definition) is 1. The van der Waals surface area contributed by atoms with Crippen LogP contribution in [-0.2, 0) is 15.0 Å². The van der Waals surface area contributed by atoms with Gasteiger partial charge in [-0.25, -0.2) is 8.70 Å². The van der Waals surface area contributed by atoms with E-state index in [-0.39, 0.29) is 5.69 Å². The van der Waals surface area contributed by atoms with Gasteiger partial charge in [0.05, 0.1) is 25.9 Å². The Kier molecular flexibility index (Phi) is 7.63. The predicted molar refractivity (Wildman–Crippen MR) is 112 cm³/mol. The van der Waals surface area contributed by atoms with Crippen molar-refractivity contribution in [2.24, 2.45) is 0 Å². The number of ether oxygens (including phenoxy) is 2. The normalized spacial score (nSPS) is 12.4. The summed E-state index contributed by atoms with van der Waals surface area (Å²) in [5.41, 5.74) is 0.436. The fourth-order valence-electron chi connectivity index (χ4n) is 2.82. The number of para-hydroxylation sites is 1. The molecule has 0 aliphatic heterocycles. The number of carbonyl (C=O) groups excluding carboxylic acids is 1. The number of anilines is 1. The molecule has 0 aliphatic rings. The largest absolute Gasteiger partial charge is 0.497 e. The zero-order chi connectivity index (χ0) is 22.5. The highest BCUT2D eigenvalue weighted by Crippen LogP contribution is 2.29. The highest BCUT2D eigenvalue weighted by molar-refractivity contribution is 7.90. The first-order valence-corrected chi connectivity index (χ1v) is 10.5. The standard InChI is InChI=1S/C20H26FN3O5S/c1-14(16-12-15(28-4)10-11-19(16)29-5)22-20(25)13-24(30(26,27)23(2)3)18-9-7-6-8-17(18)21/h6-12,14H,13H2,1-5H3,(H,22,25). The summed E-state index contributed by atoms with van der Waals surface area (Å²) >= 11 is 0. The number of nitrogens with one attached hydrogen (secondary N) is 1. The van der Waals surface area contributed by atoms with Gasteiger partial charge in [-0.15, -0.1) is 0 Å². The lowest BCUT2D eigenvalue weighted by Gasteiger charge is -2.28. The maximum atomic E-state index is 14.3. The van der Waals surface area contributed by atoms with E-state index in [1.807, 2.05) is 0 Å². The van der Waals surface area contributed by atoms with E-state index < -0.39 is 34.5 Å². The molecule has 0 aromatic heterocycles. The Balaban J connectivity index is 2.30. The van der Waals surface area contributed by atoms with Crippen LogP contribution in [0.3, 0.4) is 0 Å². The minimum absolute atomic E-state index is 0.215. The van der Waals surface area contributed by atoms with E-state index in [4.69, 9.17) is 9.47 Å². The van der Waals surface area contributed by atoms with E-state index in [0.717, 1.165) is 14.7 Å². The number of carbonyl (C=O) groups is 1. The molecule has 0 spiro atoms. The molecule has 0 saturated carbocycles. The van der Waals surface area contributed by atoms with Gasteiger partial charge in [0, 0.05) is 19.7 Å². The van der Waals surface area contributed by atoms with Crippen LogP contribution in [0.4, 0.5) is 10.1 Å². The van der Waals surface area contributed by atoms with Gasteiger partial charge in [-0.05, 0) is 37.3 Å². The van der Waals surface area contributed by atoms with Crippen molar-refractivity contribution in [2.45, 2.75) is 13.0 Å². The second-order valence-electron chi connectivity index (χ2n) is 6.65. The molecule has 2 aromatic rings. The lowest BCUT2D eigenvalue weighted by atomic mass is 10.1. The fraction of sp³-hybridized carbons (Fsp3) is 0.350. The number of hydrogen-bond acceptors (Lipinski definition) is 5. The maximum Gasteiger partial charge on any atom is 0.304 e. The highest BCUT2D eigenvalue weighted by Gasteiger charge is 2.29. The smallest absolute Gasteiger partial charge is 0.304 e. The van der Waals surface area contributed by atoms with Crippen molar-refractivity contribution in [2.75, 3.05) is 39.2 Å². The van der Waals surface area contributed by atoms with Crippen LogP contribution in [0.1, 0.15) is 18.5 Å². The minimum Gasteiger partial charge on any atom is -0.497 e. The molecule has 1 atom stereocenters. The summed E-state index contributed by atoms with van der Waals surface area (Å²) in [5.74, 6) is -0.246. The van der Waals surface area contributed by atoms with Crippen molar-refractivity contribution in [3.8, 4) is 11.5 Å². The number of rotatable bonds is 9. The average Bonchev–Trinajstić information content (AvgIpc) is 2.71. The SMILES string of the molecule is COc1ccc(OC)c(C(C)NC(=O)CN(c2ccccc2F)S(=O)(=O)N(C)C)c1. The van der Waals surface area contributed by atoms with Crippen molar-refractivity contribution in [1.29, 1.82) is 0 Å². The molecule has 0 fully saturated rings. The Hall–Kier alpha value is -2.85. The Bertz CT molecular complexity index is 998. The third-order valence-corrected chi connectivity index (χ3v) is 6.23. The van der Waals surface area contributed by atoms with Crippen molar-refractivity contribution < 1.29 is 27.1 Å². The van der Waals surface area contributed by atoms with Crippen molar-refractivity contribution in [3.63, 3.8) is 0 Å². The van der Waals surface area contributed by atoms with E-state index in [2.05, 4.69) is 5.32 Å². The van der Waals surface area contributed by atoms with Crippen LogP contribution in [-0.4, -0.2) is 53.5 Å². The first-order chi connectivity index (χ1) is 14.1. The minimum atomic E-state index is -4.11. The molecule has 30 heavy (non-hydrogen) atoms. The number of methoxy groups -OCH3 is 2. The molecule has 2 rings (SSSR count). The van der Waals surface area contributed by atoms with Gasteiger partial charge in [0.25, 0.3) is 0 Å². The summed E-state index contributed by atoms with van der Waals surface area (Å²) in [6, 6.07) is 10.0. The third kappa shape index (κ3) is 5.19. The Morgan fingerprint density at radius 1 is 1.13 bits per heavy atom. The molecule has 164 valence electrons. The first-order valence-electron chi connectivity index (χ1n) is 9.07. The highest BCUT2D eigenvalue weighted by atomic mass is 32.2. The van der Waals surface area contributed by atoms with Crippen molar-refractivity contribution in [3.05, 3.63) is 53.8 Å². The summed E-state index contributed by atoms with van der Waals surface area (Å²) in [4.78, 5) is 12.7. The predicted octanol–water partition coefficient (Wildman–Crippen LogP) is 2.33. The Morgan fingerprint density at radius 3 is 2.37 bits per heavy atom. The number of amides is 1. The second-order valence-corrected chi connectivity index (χ2v) is 8.71. The monoisotopic (exact) mass is 439 g/mol. The zero-order valence-corrected chi connectivity index (χ0v) is 18.4. The van der Waals surface area contributed by atoms with E-state index in [1.54, 1.807) is 25.1 Å². The summed E-state index contributed by atoms with van der Waals surface area (Å²) in [6.45, 7) is 1.13. The Labute approximate surface area is 176 Å². The van der Waals surface area contributed by atoms with Gasteiger partial charge in [-0.3, -0.25) is 4.79 Å². The van der Waals surface area contributed by atoms with Crippen LogP contribution in [0.2, 0.25) is 0 Å². The summed E-state index contributed by atoms with van der Waals surface area (Å²) < 4.78 is 52.0. The lowest BCUT2D eigenvalue weighted by molar-refractivity contribution is -0.120. The zero-order valence-electron chi connectivity index (χ0n) is 17.5. The molecule has 0 radical (unpaired) electrons. The molecule has 1 N–H and O–H groups in total. The Morgan fingerprint density at radius 2 is 1.80 bits per heavy atom. The molecule has 8 nitrogen and oxygen atoms in total. The summed E-state index contributed by atoms with van der Waals surface area (Å²) in [7, 11) is 1.53. The van der Waals surface area contributed by atoms with Crippen LogP contribution in [0, 0.1) is 5.82 Å². The molecule has 10 heteroatoms. The second kappa shape index (κ2) is 9.77. The van der Waals surface area contributed by atoms with Gasteiger partial charge in [0.15, 0.2) is 0 Å². The molecule has 0 heterocycles. The van der Waals surface area contributed by atoms with Crippen LogP contribution in [0.5, 0.6) is 11.5 Å². The van der Waals surface area contributed by atoms with Crippen LogP contribution < -0.4 is 19.1 Å². The van der Waals surface area contributed by atoms with E-state index in [0.29, 0.717) is 17.1 Å². The van der Waals surface area contributed by atoms with Gasteiger partial charge >= 0.3 is 10.2 Å². The summed E-state index contributed by atoms with van der Waals surface area (Å²) in [5, 5.41) is 2.73. The molecule has 1 unspecified atom stereocenters. The number of nitrogens with zero attached hydrogens (tertiary/aromatic N) is 2. The number of halogens is 1.